The predicted molar refractivity (Wildman–Crippen MR) is 69.3 cm³/mol. The number of urea groups is 1. The topological polar surface area (TPSA) is 134 Å². The molecule has 8 nitrogen and oxygen atoms in total. The third kappa shape index (κ3) is 8.83. The zero-order valence-electron chi connectivity index (χ0n) is 11.6. The van der Waals surface area contributed by atoms with Crippen molar-refractivity contribution in [2.45, 2.75) is 51.9 Å². The lowest BCUT2D eigenvalue weighted by atomic mass is 10.1. The third-order valence-electron chi connectivity index (χ3n) is 1.93. The van der Waals surface area contributed by atoms with Gasteiger partial charge in [0.15, 0.2) is 0 Å². The predicted octanol–water partition coefficient (Wildman–Crippen LogP) is -0.652. The van der Waals surface area contributed by atoms with Gasteiger partial charge in [0.25, 0.3) is 0 Å². The van der Waals surface area contributed by atoms with Gasteiger partial charge in [0, 0.05) is 5.54 Å². The molecular formula is C11H22N4O4. The van der Waals surface area contributed by atoms with Crippen molar-refractivity contribution < 1.29 is 19.5 Å². The summed E-state index contributed by atoms with van der Waals surface area (Å²) >= 11 is 0. The normalized spacial score (nSPS) is 14.2. The van der Waals surface area contributed by atoms with Gasteiger partial charge in [-0.2, -0.15) is 0 Å². The first-order valence-electron chi connectivity index (χ1n) is 5.87. The largest absolute Gasteiger partial charge is 0.481 e. The van der Waals surface area contributed by atoms with Crippen molar-refractivity contribution in [1.82, 2.24) is 16.0 Å². The molecule has 110 valence electrons. The Morgan fingerprint density at radius 3 is 2.16 bits per heavy atom. The molecule has 0 aromatic rings. The number of carboxylic acid groups (broad SMARTS) is 1. The summed E-state index contributed by atoms with van der Waals surface area (Å²) < 4.78 is 0. The van der Waals surface area contributed by atoms with Crippen LogP contribution in [0.15, 0.2) is 0 Å². The van der Waals surface area contributed by atoms with Crippen molar-refractivity contribution in [1.29, 1.82) is 0 Å². The van der Waals surface area contributed by atoms with E-state index in [9.17, 15) is 14.4 Å². The first-order chi connectivity index (χ1) is 8.51. The number of aliphatic carboxylic acids is 1. The molecule has 6 N–H and O–H groups in total. The van der Waals surface area contributed by atoms with Gasteiger partial charge in [0.1, 0.15) is 0 Å². The Kier molecular flexibility index (Phi) is 6.26. The highest BCUT2D eigenvalue weighted by Crippen LogP contribution is 1.97. The molecule has 2 atom stereocenters. The van der Waals surface area contributed by atoms with Crippen LogP contribution in [0.2, 0.25) is 0 Å². The molecule has 0 aliphatic heterocycles. The highest BCUT2D eigenvalue weighted by molar-refractivity contribution is 5.86. The van der Waals surface area contributed by atoms with Crippen LogP contribution in [0.5, 0.6) is 0 Å². The van der Waals surface area contributed by atoms with E-state index in [1.54, 1.807) is 6.92 Å². The molecule has 0 heterocycles. The Balaban J connectivity index is 4.17. The van der Waals surface area contributed by atoms with E-state index < -0.39 is 42.1 Å². The van der Waals surface area contributed by atoms with Gasteiger partial charge in [0.2, 0.25) is 5.91 Å². The summed E-state index contributed by atoms with van der Waals surface area (Å²) in [5, 5.41) is 16.1. The second-order valence-electron chi connectivity index (χ2n) is 5.28. The molecule has 2 unspecified atom stereocenters. The van der Waals surface area contributed by atoms with E-state index in [1.165, 1.54) is 0 Å². The Bertz CT molecular complexity index is 351. The second-order valence-corrected chi connectivity index (χ2v) is 5.28. The SMILES string of the molecule is CC(NC(=O)NC(C)(C)C)NC(=O)C(N)CC(=O)O. The summed E-state index contributed by atoms with van der Waals surface area (Å²) in [5.74, 6) is -1.79. The summed E-state index contributed by atoms with van der Waals surface area (Å²) in [6.07, 6.45) is -1.12. The van der Waals surface area contributed by atoms with Gasteiger partial charge in [-0.3, -0.25) is 9.59 Å². The Morgan fingerprint density at radius 1 is 1.21 bits per heavy atom. The van der Waals surface area contributed by atoms with Crippen LogP contribution in [0.4, 0.5) is 4.79 Å². The maximum atomic E-state index is 11.5. The molecule has 0 saturated heterocycles. The molecule has 3 amide bonds. The maximum Gasteiger partial charge on any atom is 0.316 e. The van der Waals surface area contributed by atoms with Crippen molar-refractivity contribution in [2.75, 3.05) is 0 Å². The maximum absolute atomic E-state index is 11.5. The number of amides is 3. The van der Waals surface area contributed by atoms with E-state index in [4.69, 9.17) is 10.8 Å². The first kappa shape index (κ1) is 17.2. The number of carboxylic acids is 1. The fourth-order valence-electron chi connectivity index (χ4n) is 1.21. The number of carbonyl (C=O) groups is 3. The quantitative estimate of drug-likeness (QED) is 0.425. The highest BCUT2D eigenvalue weighted by atomic mass is 16.4. The molecule has 19 heavy (non-hydrogen) atoms. The van der Waals surface area contributed by atoms with Gasteiger partial charge in [-0.15, -0.1) is 0 Å². The number of rotatable bonds is 5. The third-order valence-corrected chi connectivity index (χ3v) is 1.93. The lowest BCUT2D eigenvalue weighted by Crippen LogP contribution is -2.55. The molecular weight excluding hydrogens is 252 g/mol. The zero-order valence-corrected chi connectivity index (χ0v) is 11.6. The minimum Gasteiger partial charge on any atom is -0.481 e. The van der Waals surface area contributed by atoms with Crippen LogP contribution in [0, 0.1) is 0 Å². The van der Waals surface area contributed by atoms with E-state index in [-0.39, 0.29) is 0 Å². The smallest absolute Gasteiger partial charge is 0.316 e. The average molecular weight is 274 g/mol. The van der Waals surface area contributed by atoms with Gasteiger partial charge in [0.05, 0.1) is 18.6 Å². The summed E-state index contributed by atoms with van der Waals surface area (Å²) in [7, 11) is 0. The van der Waals surface area contributed by atoms with Crippen LogP contribution < -0.4 is 21.7 Å². The van der Waals surface area contributed by atoms with Crippen molar-refractivity contribution in [2.24, 2.45) is 5.73 Å². The Morgan fingerprint density at radius 2 is 1.74 bits per heavy atom. The van der Waals surface area contributed by atoms with E-state index >= 15 is 0 Å². The van der Waals surface area contributed by atoms with E-state index in [1.807, 2.05) is 20.8 Å². The van der Waals surface area contributed by atoms with Crippen LogP contribution in [0.3, 0.4) is 0 Å². The standard InChI is InChI=1S/C11H22N4O4/c1-6(14-10(19)15-11(2,3)4)13-9(18)7(12)5-8(16)17/h6-7H,5,12H2,1-4H3,(H,13,18)(H,16,17)(H2,14,15,19). The van der Waals surface area contributed by atoms with Crippen LogP contribution in [-0.4, -0.2) is 40.8 Å². The van der Waals surface area contributed by atoms with E-state index in [0.29, 0.717) is 0 Å². The van der Waals surface area contributed by atoms with Gasteiger partial charge in [-0.05, 0) is 27.7 Å². The molecule has 0 saturated carbocycles. The van der Waals surface area contributed by atoms with Crippen LogP contribution in [0.1, 0.15) is 34.1 Å². The van der Waals surface area contributed by atoms with Gasteiger partial charge >= 0.3 is 12.0 Å². The molecule has 0 spiro atoms. The summed E-state index contributed by atoms with van der Waals surface area (Å²) in [5.41, 5.74) is 4.98. The Hall–Kier alpha value is -1.83. The molecule has 0 bridgehead atoms. The number of nitrogens with two attached hydrogens (primary N) is 1. The van der Waals surface area contributed by atoms with E-state index in [0.717, 1.165) is 0 Å². The molecule has 0 fully saturated rings. The van der Waals surface area contributed by atoms with Crippen molar-refractivity contribution in [3.05, 3.63) is 0 Å². The lowest BCUT2D eigenvalue weighted by molar-refractivity contribution is -0.139. The fourth-order valence-corrected chi connectivity index (χ4v) is 1.21. The molecule has 0 aliphatic carbocycles. The first-order valence-corrected chi connectivity index (χ1v) is 5.87. The van der Waals surface area contributed by atoms with E-state index in [2.05, 4.69) is 16.0 Å². The minimum absolute atomic E-state index is 0.395. The highest BCUT2D eigenvalue weighted by Gasteiger charge is 2.20. The van der Waals surface area contributed by atoms with Crippen molar-refractivity contribution in [3.8, 4) is 0 Å². The number of hydrogen-bond acceptors (Lipinski definition) is 4. The minimum atomic E-state index is -1.16. The average Bonchev–Trinajstić information content (AvgIpc) is 2.11. The number of hydrogen-bond donors (Lipinski definition) is 5. The van der Waals surface area contributed by atoms with Gasteiger partial charge in [-0.25, -0.2) is 4.79 Å². The van der Waals surface area contributed by atoms with Crippen molar-refractivity contribution >= 4 is 17.9 Å². The van der Waals surface area contributed by atoms with Crippen LogP contribution in [0.25, 0.3) is 0 Å². The Labute approximate surface area is 112 Å². The summed E-state index contributed by atoms with van der Waals surface area (Å²) in [6, 6.07) is -1.58. The van der Waals surface area contributed by atoms with Gasteiger partial charge in [-0.1, -0.05) is 0 Å². The summed E-state index contributed by atoms with van der Waals surface area (Å²) in [4.78, 5) is 33.4. The molecule has 0 aliphatic rings. The second kappa shape index (κ2) is 6.93. The van der Waals surface area contributed by atoms with Crippen LogP contribution in [-0.2, 0) is 9.59 Å². The van der Waals surface area contributed by atoms with Crippen molar-refractivity contribution in [3.63, 3.8) is 0 Å². The molecule has 0 rings (SSSR count). The molecule has 8 heteroatoms. The van der Waals surface area contributed by atoms with Gasteiger partial charge < -0.3 is 26.8 Å². The lowest BCUT2D eigenvalue weighted by Gasteiger charge is -2.23. The number of nitrogens with one attached hydrogen (secondary N) is 3. The molecule has 0 aromatic carbocycles. The molecule has 0 aromatic heterocycles. The zero-order chi connectivity index (χ0) is 15.2. The monoisotopic (exact) mass is 274 g/mol. The summed E-state index contributed by atoms with van der Waals surface area (Å²) in [6.45, 7) is 7.00. The number of carbonyl (C=O) groups excluding carboxylic acids is 2. The fraction of sp³-hybridized carbons (Fsp3) is 0.727. The van der Waals surface area contributed by atoms with Crippen LogP contribution >= 0.6 is 0 Å². The molecule has 0 radical (unpaired) electrons.